The number of aliphatic hydroxyl groups excluding tert-OH is 1. The van der Waals surface area contributed by atoms with E-state index < -0.39 is 0 Å². The van der Waals surface area contributed by atoms with Gasteiger partial charge in [0.25, 0.3) is 0 Å². The fourth-order valence-electron chi connectivity index (χ4n) is 1.52. The Hall–Kier alpha value is -0.160. The highest BCUT2D eigenvalue weighted by molar-refractivity contribution is 9.11. The Bertz CT molecular complexity index is 461. The summed E-state index contributed by atoms with van der Waals surface area (Å²) in [5.74, 6) is 0. The molecule has 0 aliphatic heterocycles. The lowest BCUT2D eigenvalue weighted by atomic mass is 10.2. The zero-order chi connectivity index (χ0) is 11.5. The summed E-state index contributed by atoms with van der Waals surface area (Å²) >= 11 is 6.81. The summed E-state index contributed by atoms with van der Waals surface area (Å²) in [7, 11) is 0. The minimum Gasteiger partial charge on any atom is -0.387 e. The van der Waals surface area contributed by atoms with E-state index in [1.807, 2.05) is 12.1 Å². The van der Waals surface area contributed by atoms with Crippen LogP contribution >= 0.6 is 38.6 Å². The third-order valence-corrected chi connectivity index (χ3v) is 5.36. The van der Waals surface area contributed by atoms with E-state index in [1.165, 1.54) is 9.75 Å². The van der Waals surface area contributed by atoms with E-state index in [1.54, 1.807) is 22.7 Å². The quantitative estimate of drug-likeness (QED) is 0.885. The zero-order valence-electron chi connectivity index (χ0n) is 8.94. The SMILES string of the molecule is CCc1ccc(CC(O)c2ccc(Br)s2)s1. The van der Waals surface area contributed by atoms with Gasteiger partial charge in [-0.1, -0.05) is 6.92 Å². The van der Waals surface area contributed by atoms with E-state index >= 15 is 0 Å². The summed E-state index contributed by atoms with van der Waals surface area (Å²) in [6.07, 6.45) is 1.42. The predicted octanol–water partition coefficient (Wildman–Crippen LogP) is 4.41. The molecular weight excluding hydrogens is 304 g/mol. The third kappa shape index (κ3) is 2.94. The van der Waals surface area contributed by atoms with Crippen molar-refractivity contribution in [3.8, 4) is 0 Å². The van der Waals surface area contributed by atoms with Crippen LogP contribution in [0.5, 0.6) is 0 Å². The highest BCUT2D eigenvalue weighted by atomic mass is 79.9. The van der Waals surface area contributed by atoms with E-state index in [0.717, 1.165) is 21.5 Å². The smallest absolute Gasteiger partial charge is 0.0930 e. The van der Waals surface area contributed by atoms with Gasteiger partial charge in [0.1, 0.15) is 0 Å². The molecule has 2 aromatic rings. The number of aliphatic hydroxyl groups is 1. The molecule has 0 saturated carbocycles. The Kier molecular flexibility index (Phi) is 4.19. The highest BCUT2D eigenvalue weighted by Crippen LogP contribution is 2.30. The normalized spacial score (nSPS) is 12.9. The largest absolute Gasteiger partial charge is 0.387 e. The van der Waals surface area contributed by atoms with Crippen LogP contribution in [0.15, 0.2) is 28.1 Å². The van der Waals surface area contributed by atoms with Gasteiger partial charge in [-0.2, -0.15) is 0 Å². The number of rotatable bonds is 4. The molecule has 1 unspecified atom stereocenters. The van der Waals surface area contributed by atoms with E-state index in [2.05, 4.69) is 35.0 Å². The Morgan fingerprint density at radius 3 is 2.50 bits per heavy atom. The average Bonchev–Trinajstić information content (AvgIpc) is 2.87. The fourth-order valence-corrected chi connectivity index (χ4v) is 3.92. The highest BCUT2D eigenvalue weighted by Gasteiger charge is 2.12. The van der Waals surface area contributed by atoms with Crippen LogP contribution in [0.2, 0.25) is 0 Å². The first-order valence-electron chi connectivity index (χ1n) is 5.20. The molecule has 0 aromatic carbocycles. The van der Waals surface area contributed by atoms with Crippen molar-refractivity contribution in [2.75, 3.05) is 0 Å². The summed E-state index contributed by atoms with van der Waals surface area (Å²) in [4.78, 5) is 3.67. The van der Waals surface area contributed by atoms with Gasteiger partial charge < -0.3 is 5.11 Å². The molecule has 0 aliphatic rings. The first-order chi connectivity index (χ1) is 7.69. The molecule has 0 aliphatic carbocycles. The monoisotopic (exact) mass is 316 g/mol. The van der Waals surface area contributed by atoms with Crippen molar-refractivity contribution in [1.82, 2.24) is 0 Å². The first-order valence-corrected chi connectivity index (χ1v) is 7.62. The molecule has 0 amide bonds. The maximum absolute atomic E-state index is 10.1. The number of thiophene rings is 2. The zero-order valence-corrected chi connectivity index (χ0v) is 12.2. The van der Waals surface area contributed by atoms with E-state index in [-0.39, 0.29) is 6.10 Å². The maximum Gasteiger partial charge on any atom is 0.0930 e. The summed E-state index contributed by atoms with van der Waals surface area (Å²) in [5, 5.41) is 10.1. The maximum atomic E-state index is 10.1. The summed E-state index contributed by atoms with van der Waals surface area (Å²) in [6.45, 7) is 2.16. The van der Waals surface area contributed by atoms with Gasteiger partial charge in [-0.15, -0.1) is 22.7 Å². The lowest BCUT2D eigenvalue weighted by molar-refractivity contribution is 0.183. The van der Waals surface area contributed by atoms with Crippen LogP contribution in [-0.2, 0) is 12.8 Å². The molecule has 1 N–H and O–H groups in total. The minimum absolute atomic E-state index is 0.375. The Morgan fingerprint density at radius 2 is 1.94 bits per heavy atom. The van der Waals surface area contributed by atoms with Crippen molar-refractivity contribution in [3.05, 3.63) is 42.7 Å². The van der Waals surface area contributed by atoms with Crippen molar-refractivity contribution >= 4 is 38.6 Å². The van der Waals surface area contributed by atoms with Crippen LogP contribution < -0.4 is 0 Å². The van der Waals surface area contributed by atoms with Gasteiger partial charge in [0.05, 0.1) is 9.89 Å². The third-order valence-electron chi connectivity index (χ3n) is 2.38. The Balaban J connectivity index is 2.04. The number of hydrogen-bond acceptors (Lipinski definition) is 3. The molecule has 2 heterocycles. The number of hydrogen-bond donors (Lipinski definition) is 1. The predicted molar refractivity (Wildman–Crippen MR) is 74.4 cm³/mol. The fraction of sp³-hybridized carbons (Fsp3) is 0.333. The molecule has 2 rings (SSSR count). The number of halogens is 1. The molecule has 1 atom stereocenters. The molecule has 0 radical (unpaired) electrons. The van der Waals surface area contributed by atoms with Gasteiger partial charge in [-0.3, -0.25) is 0 Å². The summed E-state index contributed by atoms with van der Waals surface area (Å²) in [6, 6.07) is 8.23. The van der Waals surface area contributed by atoms with Gasteiger partial charge in [0, 0.05) is 21.1 Å². The molecule has 0 fully saturated rings. The molecule has 0 saturated heterocycles. The summed E-state index contributed by atoms with van der Waals surface area (Å²) in [5.41, 5.74) is 0. The molecule has 0 bridgehead atoms. The van der Waals surface area contributed by atoms with Crippen molar-refractivity contribution in [3.63, 3.8) is 0 Å². The molecule has 16 heavy (non-hydrogen) atoms. The van der Waals surface area contributed by atoms with E-state index in [4.69, 9.17) is 0 Å². The second-order valence-corrected chi connectivity index (χ2v) is 7.33. The van der Waals surface area contributed by atoms with Crippen LogP contribution in [0.4, 0.5) is 0 Å². The minimum atomic E-state index is -0.375. The lowest BCUT2D eigenvalue weighted by Crippen LogP contribution is -1.97. The van der Waals surface area contributed by atoms with Crippen LogP contribution in [0.1, 0.15) is 27.7 Å². The van der Waals surface area contributed by atoms with Gasteiger partial charge in [-0.25, -0.2) is 0 Å². The van der Waals surface area contributed by atoms with E-state index in [9.17, 15) is 5.11 Å². The van der Waals surface area contributed by atoms with Crippen molar-refractivity contribution < 1.29 is 5.11 Å². The Labute approximate surface area is 112 Å². The van der Waals surface area contributed by atoms with Crippen LogP contribution in [0, 0.1) is 0 Å². The molecule has 86 valence electrons. The standard InChI is InChI=1S/C12H13BrOS2/c1-2-8-3-4-9(15-8)7-10(14)11-5-6-12(13)16-11/h3-6,10,14H,2,7H2,1H3. The molecule has 1 nitrogen and oxygen atoms in total. The van der Waals surface area contributed by atoms with Gasteiger partial charge >= 0.3 is 0 Å². The second-order valence-electron chi connectivity index (χ2n) is 3.58. The van der Waals surface area contributed by atoms with Crippen LogP contribution in [-0.4, -0.2) is 5.11 Å². The second kappa shape index (κ2) is 5.45. The average molecular weight is 317 g/mol. The Morgan fingerprint density at radius 1 is 1.19 bits per heavy atom. The van der Waals surface area contributed by atoms with Crippen molar-refractivity contribution in [1.29, 1.82) is 0 Å². The molecular formula is C12H13BrOS2. The van der Waals surface area contributed by atoms with Gasteiger partial charge in [0.15, 0.2) is 0 Å². The lowest BCUT2D eigenvalue weighted by Gasteiger charge is -2.05. The molecule has 4 heteroatoms. The van der Waals surface area contributed by atoms with Crippen molar-refractivity contribution in [2.45, 2.75) is 25.9 Å². The number of aryl methyl sites for hydroxylation is 1. The topological polar surface area (TPSA) is 20.2 Å². The first kappa shape index (κ1) is 12.3. The van der Waals surface area contributed by atoms with E-state index in [0.29, 0.717) is 0 Å². The van der Waals surface area contributed by atoms with Crippen LogP contribution in [0.3, 0.4) is 0 Å². The van der Waals surface area contributed by atoms with Gasteiger partial charge in [-0.05, 0) is 46.6 Å². The molecule has 0 spiro atoms. The van der Waals surface area contributed by atoms with Crippen molar-refractivity contribution in [2.24, 2.45) is 0 Å². The van der Waals surface area contributed by atoms with Gasteiger partial charge in [0.2, 0.25) is 0 Å². The van der Waals surface area contributed by atoms with Crippen LogP contribution in [0.25, 0.3) is 0 Å². The molecule has 2 aromatic heterocycles. The summed E-state index contributed by atoms with van der Waals surface area (Å²) < 4.78 is 1.07.